The molecule has 0 aliphatic heterocycles. The van der Waals surface area contributed by atoms with E-state index in [0.717, 1.165) is 37.1 Å². The molecule has 13 heteroatoms. The number of benzene rings is 2. The van der Waals surface area contributed by atoms with E-state index in [-0.39, 0.29) is 28.7 Å². The van der Waals surface area contributed by atoms with E-state index in [4.69, 9.17) is 4.74 Å². The number of nitrogens with one attached hydrogen (secondary N) is 4. The second-order valence-corrected chi connectivity index (χ2v) is 12.4. The molecule has 2 aliphatic carbocycles. The van der Waals surface area contributed by atoms with Crippen LogP contribution in [0.25, 0.3) is 11.0 Å². The standard InChI is InChI=1S/C29H30N6O6S/c36-29(24-3-1-2-4-27(24)41-22-15-18-13-14-30-28(18)31-17-22)34-42(39,40)23-11-12-25(26(16-23)35(37)38)33-21-9-7-20(8-10-21)32-19-5-6-19/h1-4,11-17,19-21,32-33H,5-10H2,(H,30,31)(H,34,36). The van der Waals surface area contributed by atoms with Crippen molar-refractivity contribution in [3.63, 3.8) is 0 Å². The van der Waals surface area contributed by atoms with Gasteiger partial charge in [0.25, 0.3) is 21.6 Å². The van der Waals surface area contributed by atoms with Crippen molar-refractivity contribution >= 4 is 38.3 Å². The van der Waals surface area contributed by atoms with Crippen molar-refractivity contribution in [3.05, 3.63) is 82.7 Å². The summed E-state index contributed by atoms with van der Waals surface area (Å²) in [5, 5.41) is 19.6. The first-order valence-corrected chi connectivity index (χ1v) is 15.3. The lowest BCUT2D eigenvalue weighted by Crippen LogP contribution is -2.38. The number of amides is 1. The van der Waals surface area contributed by atoms with Crippen LogP contribution in [0.15, 0.2) is 71.9 Å². The molecule has 2 heterocycles. The van der Waals surface area contributed by atoms with Crippen molar-refractivity contribution in [2.45, 2.75) is 61.5 Å². The average molecular weight is 591 g/mol. The van der Waals surface area contributed by atoms with Gasteiger partial charge in [-0.25, -0.2) is 18.1 Å². The molecule has 2 aromatic carbocycles. The molecule has 0 bridgehead atoms. The van der Waals surface area contributed by atoms with E-state index in [1.165, 1.54) is 43.3 Å². The Morgan fingerprint density at radius 3 is 2.43 bits per heavy atom. The van der Waals surface area contributed by atoms with E-state index in [1.54, 1.807) is 24.4 Å². The first kappa shape index (κ1) is 27.7. The third kappa shape index (κ3) is 6.21. The summed E-state index contributed by atoms with van der Waals surface area (Å²) in [6, 6.07) is 14.5. The number of fused-ring (bicyclic) bond motifs is 1. The number of sulfonamides is 1. The highest BCUT2D eigenvalue weighted by molar-refractivity contribution is 7.90. The van der Waals surface area contributed by atoms with Crippen LogP contribution < -0.4 is 20.1 Å². The molecule has 42 heavy (non-hydrogen) atoms. The molecular weight excluding hydrogens is 560 g/mol. The number of para-hydroxylation sites is 1. The molecule has 4 aromatic rings. The number of hydrogen-bond donors (Lipinski definition) is 4. The highest BCUT2D eigenvalue weighted by Gasteiger charge is 2.30. The van der Waals surface area contributed by atoms with Crippen molar-refractivity contribution in [1.82, 2.24) is 20.0 Å². The molecule has 4 N–H and O–H groups in total. The molecule has 0 unspecified atom stereocenters. The van der Waals surface area contributed by atoms with Crippen LogP contribution in [-0.2, 0) is 10.0 Å². The Labute approximate surface area is 242 Å². The fourth-order valence-corrected chi connectivity index (χ4v) is 6.23. The highest BCUT2D eigenvalue weighted by Crippen LogP contribution is 2.32. The Bertz CT molecular complexity index is 1740. The average Bonchev–Trinajstić information content (AvgIpc) is 3.67. The minimum absolute atomic E-state index is 0.0326. The largest absolute Gasteiger partial charge is 0.455 e. The number of pyridine rings is 1. The van der Waals surface area contributed by atoms with Gasteiger partial charge in [-0.05, 0) is 74.9 Å². The van der Waals surface area contributed by atoms with Gasteiger partial charge in [-0.3, -0.25) is 14.9 Å². The van der Waals surface area contributed by atoms with Gasteiger partial charge in [0.05, 0.1) is 21.6 Å². The molecule has 0 atom stereocenters. The van der Waals surface area contributed by atoms with E-state index in [2.05, 4.69) is 20.6 Å². The summed E-state index contributed by atoms with van der Waals surface area (Å²) in [5.74, 6) is -0.464. The second kappa shape index (κ2) is 11.4. The van der Waals surface area contributed by atoms with Crippen LogP contribution in [0.5, 0.6) is 11.5 Å². The van der Waals surface area contributed by atoms with Gasteiger partial charge < -0.3 is 20.4 Å². The van der Waals surface area contributed by atoms with Crippen molar-refractivity contribution in [3.8, 4) is 11.5 Å². The SMILES string of the molecule is O=C(NS(=O)(=O)c1ccc(NC2CCC(NC3CC3)CC2)c([N+](=O)[O-])c1)c1ccccc1Oc1cnc2[nH]ccc2c1. The molecule has 0 radical (unpaired) electrons. The quantitative estimate of drug-likeness (QED) is 0.149. The van der Waals surface area contributed by atoms with E-state index >= 15 is 0 Å². The summed E-state index contributed by atoms with van der Waals surface area (Å²) in [6.45, 7) is 0. The van der Waals surface area contributed by atoms with Gasteiger partial charge in [0, 0.05) is 35.8 Å². The number of rotatable bonds is 10. The maximum atomic E-state index is 13.2. The van der Waals surface area contributed by atoms with Gasteiger partial charge in [-0.2, -0.15) is 0 Å². The first-order chi connectivity index (χ1) is 20.2. The van der Waals surface area contributed by atoms with Crippen molar-refractivity contribution in [2.24, 2.45) is 0 Å². The highest BCUT2D eigenvalue weighted by atomic mass is 32.2. The van der Waals surface area contributed by atoms with Crippen molar-refractivity contribution in [2.75, 3.05) is 5.32 Å². The fourth-order valence-electron chi connectivity index (χ4n) is 5.24. The minimum atomic E-state index is -4.45. The maximum absolute atomic E-state index is 13.2. The van der Waals surface area contributed by atoms with Gasteiger partial charge in [-0.1, -0.05) is 12.1 Å². The number of ether oxygens (including phenoxy) is 1. The predicted octanol–water partition coefficient (Wildman–Crippen LogP) is 4.86. The summed E-state index contributed by atoms with van der Waals surface area (Å²) in [4.78, 5) is 31.2. The summed E-state index contributed by atoms with van der Waals surface area (Å²) in [6.07, 6.45) is 9.33. The topological polar surface area (TPSA) is 168 Å². The zero-order valence-electron chi connectivity index (χ0n) is 22.6. The molecule has 0 saturated heterocycles. The molecule has 12 nitrogen and oxygen atoms in total. The zero-order chi connectivity index (χ0) is 29.3. The summed E-state index contributed by atoms with van der Waals surface area (Å²) < 4.78 is 34.2. The fraction of sp³-hybridized carbons (Fsp3) is 0.310. The van der Waals surface area contributed by atoms with E-state index in [0.29, 0.717) is 23.5 Å². The third-order valence-electron chi connectivity index (χ3n) is 7.57. The number of H-pyrrole nitrogens is 1. The zero-order valence-corrected chi connectivity index (χ0v) is 23.4. The van der Waals surface area contributed by atoms with Crippen LogP contribution in [0.1, 0.15) is 48.9 Å². The molecular formula is C29H30N6O6S. The molecule has 1 amide bonds. The third-order valence-corrected chi connectivity index (χ3v) is 8.90. The molecule has 2 aromatic heterocycles. The number of carbonyl (C=O) groups excluding carboxylic acids is 1. The Balaban J connectivity index is 1.16. The maximum Gasteiger partial charge on any atom is 0.293 e. The second-order valence-electron chi connectivity index (χ2n) is 10.7. The van der Waals surface area contributed by atoms with Crippen LogP contribution in [0, 0.1) is 10.1 Å². The van der Waals surface area contributed by atoms with Crippen molar-refractivity contribution in [1.29, 1.82) is 0 Å². The van der Waals surface area contributed by atoms with Gasteiger partial charge in [-0.15, -0.1) is 0 Å². The number of nitro groups is 1. The van der Waals surface area contributed by atoms with Crippen LogP contribution in [0.4, 0.5) is 11.4 Å². The number of nitrogens with zero attached hydrogens (tertiary/aromatic N) is 2. The van der Waals surface area contributed by atoms with Gasteiger partial charge in [0.2, 0.25) is 0 Å². The number of aromatic nitrogens is 2. The number of hydrogen-bond acceptors (Lipinski definition) is 9. The summed E-state index contributed by atoms with van der Waals surface area (Å²) in [7, 11) is -4.45. The summed E-state index contributed by atoms with van der Waals surface area (Å²) in [5.41, 5.74) is 0.508. The molecule has 6 rings (SSSR count). The lowest BCUT2D eigenvalue weighted by Gasteiger charge is -2.30. The number of aromatic amines is 1. The Hall–Kier alpha value is -4.49. The molecule has 0 spiro atoms. The normalized spacial score (nSPS) is 18.9. The van der Waals surface area contributed by atoms with Crippen molar-refractivity contribution < 1.29 is 22.9 Å². The first-order valence-electron chi connectivity index (χ1n) is 13.8. The van der Waals surface area contributed by atoms with Gasteiger partial charge in [0.1, 0.15) is 22.8 Å². The summed E-state index contributed by atoms with van der Waals surface area (Å²) >= 11 is 0. The predicted molar refractivity (Wildman–Crippen MR) is 156 cm³/mol. The minimum Gasteiger partial charge on any atom is -0.455 e. The van der Waals surface area contributed by atoms with E-state index in [1.807, 2.05) is 10.8 Å². The van der Waals surface area contributed by atoms with Crippen LogP contribution >= 0.6 is 0 Å². The molecule has 2 fully saturated rings. The molecule has 2 aliphatic rings. The lowest BCUT2D eigenvalue weighted by molar-refractivity contribution is -0.384. The number of nitro benzene ring substituents is 1. The van der Waals surface area contributed by atoms with Crippen LogP contribution in [0.3, 0.4) is 0 Å². The number of anilines is 1. The van der Waals surface area contributed by atoms with Crippen LogP contribution in [-0.4, -0.2) is 47.3 Å². The molecule has 2 saturated carbocycles. The Morgan fingerprint density at radius 2 is 1.69 bits per heavy atom. The monoisotopic (exact) mass is 590 g/mol. The Morgan fingerprint density at radius 1 is 0.976 bits per heavy atom. The molecule has 218 valence electrons. The van der Waals surface area contributed by atoms with E-state index < -0.39 is 25.7 Å². The smallest absolute Gasteiger partial charge is 0.293 e. The van der Waals surface area contributed by atoms with E-state index in [9.17, 15) is 23.3 Å². The van der Waals surface area contributed by atoms with Gasteiger partial charge in [0.15, 0.2) is 0 Å². The van der Waals surface area contributed by atoms with Crippen LogP contribution in [0.2, 0.25) is 0 Å². The van der Waals surface area contributed by atoms with Gasteiger partial charge >= 0.3 is 0 Å². The lowest BCUT2D eigenvalue weighted by atomic mass is 9.91. The Kier molecular flexibility index (Phi) is 7.52. The number of carbonyl (C=O) groups is 1.